The first kappa shape index (κ1) is 14.9. The second kappa shape index (κ2) is 6.15. The highest BCUT2D eigenvalue weighted by Gasteiger charge is 2.39. The van der Waals surface area contributed by atoms with E-state index in [4.69, 9.17) is 10.5 Å². The maximum Gasteiger partial charge on any atom is 0.243 e. The van der Waals surface area contributed by atoms with Gasteiger partial charge in [-0.15, -0.1) is 0 Å². The van der Waals surface area contributed by atoms with Gasteiger partial charge in [0.15, 0.2) is 0 Å². The number of ether oxygens (including phenoxy) is 1. The van der Waals surface area contributed by atoms with Crippen LogP contribution in [-0.2, 0) is 14.3 Å². The first-order chi connectivity index (χ1) is 8.39. The van der Waals surface area contributed by atoms with E-state index in [9.17, 15) is 9.59 Å². The van der Waals surface area contributed by atoms with E-state index in [0.717, 1.165) is 0 Å². The molecule has 2 amide bonds. The van der Waals surface area contributed by atoms with Crippen molar-refractivity contribution in [2.45, 2.75) is 38.3 Å². The third-order valence-corrected chi connectivity index (χ3v) is 3.08. The van der Waals surface area contributed by atoms with Crippen LogP contribution in [0.25, 0.3) is 0 Å². The number of carbonyl (C=O) groups is 2. The zero-order chi connectivity index (χ0) is 13.8. The van der Waals surface area contributed by atoms with Crippen molar-refractivity contribution in [3.05, 3.63) is 0 Å². The van der Waals surface area contributed by atoms with Crippen LogP contribution in [-0.4, -0.2) is 43.7 Å². The molecule has 104 valence electrons. The summed E-state index contributed by atoms with van der Waals surface area (Å²) in [5, 5.41) is 5.28. The van der Waals surface area contributed by atoms with Crippen molar-refractivity contribution in [2.75, 3.05) is 20.3 Å². The van der Waals surface area contributed by atoms with E-state index in [0.29, 0.717) is 25.4 Å². The fourth-order valence-electron chi connectivity index (χ4n) is 1.94. The smallest absolute Gasteiger partial charge is 0.243 e. The number of amides is 2. The van der Waals surface area contributed by atoms with Crippen LogP contribution in [0, 0.1) is 5.92 Å². The fraction of sp³-hybridized carbons (Fsp3) is 0.833. The topological polar surface area (TPSA) is 93.5 Å². The van der Waals surface area contributed by atoms with Gasteiger partial charge in [-0.25, -0.2) is 0 Å². The molecule has 2 unspecified atom stereocenters. The lowest BCUT2D eigenvalue weighted by Gasteiger charge is -2.25. The standard InChI is InChI=1S/C12H23N3O3/c1-8(2)6-9(10(16)14-3)15-11(17)12(13)4-5-18-7-12/h8-9H,4-7,13H2,1-3H3,(H,14,16)(H,15,17). The van der Waals surface area contributed by atoms with E-state index in [2.05, 4.69) is 10.6 Å². The molecule has 4 N–H and O–H groups in total. The summed E-state index contributed by atoms with van der Waals surface area (Å²) in [6, 6.07) is -0.538. The lowest BCUT2D eigenvalue weighted by atomic mass is 9.97. The van der Waals surface area contributed by atoms with Gasteiger partial charge in [0, 0.05) is 13.7 Å². The fourth-order valence-corrected chi connectivity index (χ4v) is 1.94. The molecule has 1 fully saturated rings. The second-order valence-corrected chi connectivity index (χ2v) is 5.23. The number of nitrogens with one attached hydrogen (secondary N) is 2. The number of hydrogen-bond acceptors (Lipinski definition) is 4. The zero-order valence-electron chi connectivity index (χ0n) is 11.3. The van der Waals surface area contributed by atoms with Crippen LogP contribution in [0.15, 0.2) is 0 Å². The van der Waals surface area contributed by atoms with Gasteiger partial charge in [0.1, 0.15) is 11.6 Å². The summed E-state index contributed by atoms with van der Waals surface area (Å²) in [5.41, 5.74) is 4.96. The zero-order valence-corrected chi connectivity index (χ0v) is 11.3. The van der Waals surface area contributed by atoms with Gasteiger partial charge in [-0.05, 0) is 18.8 Å². The van der Waals surface area contributed by atoms with Gasteiger partial charge in [-0.2, -0.15) is 0 Å². The number of carbonyl (C=O) groups excluding carboxylic acids is 2. The van der Waals surface area contributed by atoms with Crippen molar-refractivity contribution < 1.29 is 14.3 Å². The summed E-state index contributed by atoms with van der Waals surface area (Å²) in [6.07, 6.45) is 1.07. The van der Waals surface area contributed by atoms with Gasteiger partial charge in [0.25, 0.3) is 0 Å². The molecule has 1 heterocycles. The molecule has 0 bridgehead atoms. The average molecular weight is 257 g/mol. The molecule has 18 heavy (non-hydrogen) atoms. The Kier molecular flexibility index (Phi) is 5.10. The van der Waals surface area contributed by atoms with Crippen LogP contribution in [0.2, 0.25) is 0 Å². The highest BCUT2D eigenvalue weighted by atomic mass is 16.5. The van der Waals surface area contributed by atoms with Crippen LogP contribution in [0.3, 0.4) is 0 Å². The van der Waals surface area contributed by atoms with E-state index in [1.54, 1.807) is 7.05 Å². The molecule has 0 radical (unpaired) electrons. The molecule has 1 rings (SSSR count). The van der Waals surface area contributed by atoms with Crippen molar-refractivity contribution in [3.8, 4) is 0 Å². The van der Waals surface area contributed by atoms with E-state index < -0.39 is 11.6 Å². The van der Waals surface area contributed by atoms with Crippen LogP contribution in [0.1, 0.15) is 26.7 Å². The Balaban J connectivity index is 2.64. The second-order valence-electron chi connectivity index (χ2n) is 5.23. The first-order valence-electron chi connectivity index (χ1n) is 6.28. The molecule has 6 nitrogen and oxygen atoms in total. The highest BCUT2D eigenvalue weighted by molar-refractivity contribution is 5.92. The first-order valence-corrected chi connectivity index (χ1v) is 6.28. The molecule has 6 heteroatoms. The third-order valence-electron chi connectivity index (χ3n) is 3.08. The Labute approximate surface area is 108 Å². The van der Waals surface area contributed by atoms with E-state index in [1.165, 1.54) is 0 Å². The Morgan fingerprint density at radius 3 is 2.56 bits per heavy atom. The predicted octanol–water partition coefficient (Wildman–Crippen LogP) is -0.619. The quantitative estimate of drug-likeness (QED) is 0.612. The summed E-state index contributed by atoms with van der Waals surface area (Å²) in [6.45, 7) is 4.69. The van der Waals surface area contributed by atoms with Gasteiger partial charge in [-0.1, -0.05) is 13.8 Å². The molecule has 0 aromatic rings. The molecule has 0 aliphatic carbocycles. The third kappa shape index (κ3) is 3.68. The predicted molar refractivity (Wildman–Crippen MR) is 67.8 cm³/mol. The number of hydrogen-bond donors (Lipinski definition) is 3. The maximum absolute atomic E-state index is 12.1. The molecule has 1 aliphatic heterocycles. The molecule has 0 aromatic heterocycles. The molecule has 2 atom stereocenters. The Morgan fingerprint density at radius 2 is 2.11 bits per heavy atom. The van der Waals surface area contributed by atoms with Crippen LogP contribution in [0.4, 0.5) is 0 Å². The Morgan fingerprint density at radius 1 is 1.44 bits per heavy atom. The monoisotopic (exact) mass is 257 g/mol. The summed E-state index contributed by atoms with van der Waals surface area (Å²) in [4.78, 5) is 23.8. The Bertz CT molecular complexity index is 312. The molecular formula is C12H23N3O3. The van der Waals surface area contributed by atoms with Gasteiger partial charge in [-0.3, -0.25) is 9.59 Å². The van der Waals surface area contributed by atoms with Gasteiger partial charge in [0.2, 0.25) is 11.8 Å². The lowest BCUT2D eigenvalue weighted by molar-refractivity contribution is -0.132. The van der Waals surface area contributed by atoms with E-state index in [-0.39, 0.29) is 18.4 Å². The molecule has 0 saturated carbocycles. The summed E-state index contributed by atoms with van der Waals surface area (Å²) >= 11 is 0. The van der Waals surface area contributed by atoms with Crippen molar-refractivity contribution in [1.82, 2.24) is 10.6 Å². The normalized spacial score (nSPS) is 24.9. The van der Waals surface area contributed by atoms with Crippen LogP contribution < -0.4 is 16.4 Å². The van der Waals surface area contributed by atoms with Gasteiger partial charge < -0.3 is 21.1 Å². The van der Waals surface area contributed by atoms with E-state index >= 15 is 0 Å². The van der Waals surface area contributed by atoms with E-state index in [1.807, 2.05) is 13.8 Å². The molecule has 0 spiro atoms. The minimum atomic E-state index is -0.997. The molecular weight excluding hydrogens is 234 g/mol. The van der Waals surface area contributed by atoms with Crippen LogP contribution >= 0.6 is 0 Å². The van der Waals surface area contributed by atoms with Crippen molar-refractivity contribution >= 4 is 11.8 Å². The SMILES string of the molecule is CNC(=O)C(CC(C)C)NC(=O)C1(N)CCOC1. The van der Waals surface area contributed by atoms with Gasteiger partial charge in [0.05, 0.1) is 6.61 Å². The largest absolute Gasteiger partial charge is 0.379 e. The summed E-state index contributed by atoms with van der Waals surface area (Å²) in [5.74, 6) is -0.199. The molecule has 1 saturated heterocycles. The minimum Gasteiger partial charge on any atom is -0.379 e. The Hall–Kier alpha value is -1.14. The molecule has 0 aromatic carbocycles. The summed E-state index contributed by atoms with van der Waals surface area (Å²) in [7, 11) is 1.55. The number of likely N-dealkylation sites (N-methyl/N-ethyl adjacent to an activating group) is 1. The van der Waals surface area contributed by atoms with Crippen molar-refractivity contribution in [3.63, 3.8) is 0 Å². The van der Waals surface area contributed by atoms with Gasteiger partial charge >= 0.3 is 0 Å². The van der Waals surface area contributed by atoms with Crippen LogP contribution in [0.5, 0.6) is 0 Å². The number of rotatable bonds is 5. The summed E-state index contributed by atoms with van der Waals surface area (Å²) < 4.78 is 5.14. The molecule has 1 aliphatic rings. The van der Waals surface area contributed by atoms with Crippen molar-refractivity contribution in [2.24, 2.45) is 11.7 Å². The maximum atomic E-state index is 12.1. The number of nitrogens with two attached hydrogens (primary N) is 1. The minimum absolute atomic E-state index is 0.195. The van der Waals surface area contributed by atoms with Crippen molar-refractivity contribution in [1.29, 1.82) is 0 Å². The average Bonchev–Trinajstić information content (AvgIpc) is 2.75. The highest BCUT2D eigenvalue weighted by Crippen LogP contribution is 2.16. The lowest BCUT2D eigenvalue weighted by Crippen LogP contribution is -2.59.